The summed E-state index contributed by atoms with van der Waals surface area (Å²) in [7, 11) is 0. The number of hydrogen-bond acceptors (Lipinski definition) is 3. The van der Waals surface area contributed by atoms with Crippen LogP contribution in [0.25, 0.3) is 11.3 Å². The molecule has 0 atom stereocenters. The Morgan fingerprint density at radius 1 is 1.48 bits per heavy atom. The highest BCUT2D eigenvalue weighted by atomic mass is 16.5. The summed E-state index contributed by atoms with van der Waals surface area (Å²) in [6, 6.07) is 6.48. The van der Waals surface area contributed by atoms with E-state index in [2.05, 4.69) is 23.4 Å². The highest BCUT2D eigenvalue weighted by Gasteiger charge is 2.26. The smallest absolute Gasteiger partial charge is 0.241 e. The van der Waals surface area contributed by atoms with Gasteiger partial charge in [0.2, 0.25) is 5.91 Å². The maximum Gasteiger partial charge on any atom is 0.241 e. The Morgan fingerprint density at radius 2 is 2.33 bits per heavy atom. The van der Waals surface area contributed by atoms with Crippen LogP contribution in [0, 0.1) is 6.92 Å². The van der Waals surface area contributed by atoms with Crippen LogP contribution in [0.5, 0.6) is 5.75 Å². The zero-order valence-electron chi connectivity index (χ0n) is 11.9. The van der Waals surface area contributed by atoms with Gasteiger partial charge in [0.15, 0.2) is 0 Å². The van der Waals surface area contributed by atoms with E-state index in [0.29, 0.717) is 12.6 Å². The largest absolute Gasteiger partial charge is 0.488 e. The van der Waals surface area contributed by atoms with E-state index in [0.717, 1.165) is 35.4 Å². The van der Waals surface area contributed by atoms with Gasteiger partial charge < -0.3 is 10.1 Å². The number of aromatic nitrogens is 2. The third kappa shape index (κ3) is 2.28. The number of nitrogens with one attached hydrogen (secondary N) is 1. The van der Waals surface area contributed by atoms with Gasteiger partial charge in [0, 0.05) is 17.2 Å². The van der Waals surface area contributed by atoms with Crippen molar-refractivity contribution >= 4 is 5.91 Å². The molecule has 1 amide bonds. The van der Waals surface area contributed by atoms with Crippen LogP contribution in [-0.2, 0) is 17.9 Å². The van der Waals surface area contributed by atoms with E-state index in [1.54, 1.807) is 10.9 Å². The molecule has 1 fully saturated rings. The molecule has 1 aromatic heterocycles. The lowest BCUT2D eigenvalue weighted by Crippen LogP contribution is -2.30. The van der Waals surface area contributed by atoms with Crippen molar-refractivity contribution in [3.05, 3.63) is 35.5 Å². The fourth-order valence-electron chi connectivity index (χ4n) is 2.71. The van der Waals surface area contributed by atoms with Crippen molar-refractivity contribution in [2.45, 2.75) is 39.0 Å². The Hall–Kier alpha value is -2.30. The number of fused-ring (bicyclic) bond motifs is 3. The maximum absolute atomic E-state index is 12.0. The molecule has 21 heavy (non-hydrogen) atoms. The number of ether oxygens (including phenoxy) is 1. The maximum atomic E-state index is 12.0. The first kappa shape index (κ1) is 12.4. The Bertz CT molecular complexity index is 716. The molecule has 0 spiro atoms. The first-order valence-electron chi connectivity index (χ1n) is 7.28. The van der Waals surface area contributed by atoms with Crippen LogP contribution in [0.15, 0.2) is 24.4 Å². The van der Waals surface area contributed by atoms with Gasteiger partial charge >= 0.3 is 0 Å². The molecule has 5 nitrogen and oxygen atoms in total. The number of carbonyl (C=O) groups is 1. The second-order valence-corrected chi connectivity index (χ2v) is 5.81. The predicted molar refractivity (Wildman–Crippen MR) is 77.9 cm³/mol. The van der Waals surface area contributed by atoms with Gasteiger partial charge in [-0.25, -0.2) is 0 Å². The molecular formula is C16H17N3O2. The first-order valence-corrected chi connectivity index (χ1v) is 7.28. The summed E-state index contributed by atoms with van der Waals surface area (Å²) >= 11 is 0. The molecule has 0 radical (unpaired) electrons. The van der Waals surface area contributed by atoms with Crippen molar-refractivity contribution in [1.29, 1.82) is 0 Å². The SMILES string of the molecule is Cc1ccc2c(c1)-c1c(cnn1CC(=O)NC1CC1)CO2. The van der Waals surface area contributed by atoms with E-state index in [1.807, 2.05) is 12.1 Å². The summed E-state index contributed by atoms with van der Waals surface area (Å²) in [5.41, 5.74) is 4.23. The predicted octanol–water partition coefficient (Wildman–Crippen LogP) is 2.03. The van der Waals surface area contributed by atoms with Crippen molar-refractivity contribution in [3.63, 3.8) is 0 Å². The molecule has 0 saturated heterocycles. The summed E-state index contributed by atoms with van der Waals surface area (Å²) < 4.78 is 7.53. The normalized spacial score (nSPS) is 15.9. The van der Waals surface area contributed by atoms with Gasteiger partial charge in [-0.15, -0.1) is 0 Å². The molecule has 1 aliphatic carbocycles. The minimum absolute atomic E-state index is 0.0316. The standard InChI is InChI=1S/C16H17N3O2/c1-10-2-5-14-13(6-10)16-11(9-21-14)7-17-19(16)8-15(20)18-12-3-4-12/h2,5-7,12H,3-4,8-9H2,1H3,(H,18,20). The van der Waals surface area contributed by atoms with Crippen LogP contribution >= 0.6 is 0 Å². The van der Waals surface area contributed by atoms with E-state index >= 15 is 0 Å². The van der Waals surface area contributed by atoms with Crippen molar-refractivity contribution in [2.75, 3.05) is 0 Å². The topological polar surface area (TPSA) is 56.2 Å². The Labute approximate surface area is 122 Å². The summed E-state index contributed by atoms with van der Waals surface area (Å²) in [5, 5.41) is 7.37. The van der Waals surface area contributed by atoms with Gasteiger partial charge in [0.25, 0.3) is 0 Å². The molecule has 108 valence electrons. The molecule has 2 heterocycles. The first-order chi connectivity index (χ1) is 10.2. The Morgan fingerprint density at radius 3 is 3.14 bits per heavy atom. The molecule has 1 aromatic carbocycles. The molecular weight excluding hydrogens is 266 g/mol. The van der Waals surface area contributed by atoms with Gasteiger partial charge in [-0.1, -0.05) is 11.6 Å². The fraction of sp³-hybridized carbons (Fsp3) is 0.375. The third-order valence-electron chi connectivity index (χ3n) is 3.92. The number of amides is 1. The lowest BCUT2D eigenvalue weighted by Gasteiger charge is -2.19. The molecule has 0 unspecified atom stereocenters. The van der Waals surface area contributed by atoms with Crippen molar-refractivity contribution < 1.29 is 9.53 Å². The monoisotopic (exact) mass is 283 g/mol. The lowest BCUT2D eigenvalue weighted by molar-refractivity contribution is -0.121. The summed E-state index contributed by atoms with van der Waals surface area (Å²) in [4.78, 5) is 12.0. The van der Waals surface area contributed by atoms with E-state index in [-0.39, 0.29) is 12.5 Å². The van der Waals surface area contributed by atoms with E-state index in [1.165, 1.54) is 5.56 Å². The van der Waals surface area contributed by atoms with Crippen molar-refractivity contribution in [3.8, 4) is 17.0 Å². The second kappa shape index (κ2) is 4.62. The third-order valence-corrected chi connectivity index (χ3v) is 3.92. The van der Waals surface area contributed by atoms with Crippen LogP contribution < -0.4 is 10.1 Å². The van der Waals surface area contributed by atoms with Gasteiger partial charge in [-0.3, -0.25) is 9.48 Å². The summed E-state index contributed by atoms with van der Waals surface area (Å²) in [6.07, 6.45) is 3.99. The quantitative estimate of drug-likeness (QED) is 0.937. The van der Waals surface area contributed by atoms with Gasteiger partial charge in [-0.2, -0.15) is 5.10 Å². The minimum atomic E-state index is 0.0316. The molecule has 1 aliphatic heterocycles. The Kier molecular flexibility index (Phi) is 2.74. The van der Waals surface area contributed by atoms with Crippen LogP contribution in [0.4, 0.5) is 0 Å². The molecule has 2 aromatic rings. The average Bonchev–Trinajstić information content (AvgIpc) is 3.17. The zero-order chi connectivity index (χ0) is 14.4. The van der Waals surface area contributed by atoms with Gasteiger partial charge in [0.05, 0.1) is 11.9 Å². The molecule has 2 aliphatic rings. The molecule has 0 bridgehead atoms. The molecule has 1 N–H and O–H groups in total. The highest BCUT2D eigenvalue weighted by Crippen LogP contribution is 2.37. The lowest BCUT2D eigenvalue weighted by atomic mass is 10.0. The number of aryl methyl sites for hydroxylation is 1. The number of hydrogen-bond donors (Lipinski definition) is 1. The number of benzene rings is 1. The van der Waals surface area contributed by atoms with Crippen molar-refractivity contribution in [2.24, 2.45) is 0 Å². The Balaban J connectivity index is 1.68. The zero-order valence-corrected chi connectivity index (χ0v) is 11.9. The number of rotatable bonds is 3. The molecule has 5 heteroatoms. The number of nitrogens with zero attached hydrogens (tertiary/aromatic N) is 2. The fourth-order valence-corrected chi connectivity index (χ4v) is 2.71. The minimum Gasteiger partial charge on any atom is -0.488 e. The van der Waals surface area contributed by atoms with Crippen LogP contribution in [0.1, 0.15) is 24.0 Å². The highest BCUT2D eigenvalue weighted by molar-refractivity contribution is 5.79. The van der Waals surface area contributed by atoms with Gasteiger partial charge in [-0.05, 0) is 31.9 Å². The molecule has 1 saturated carbocycles. The molecule has 4 rings (SSSR count). The van der Waals surface area contributed by atoms with Crippen LogP contribution in [-0.4, -0.2) is 21.7 Å². The van der Waals surface area contributed by atoms with Gasteiger partial charge in [0.1, 0.15) is 18.9 Å². The van der Waals surface area contributed by atoms with E-state index in [4.69, 9.17) is 4.74 Å². The van der Waals surface area contributed by atoms with Crippen LogP contribution in [0.3, 0.4) is 0 Å². The van der Waals surface area contributed by atoms with Crippen molar-refractivity contribution in [1.82, 2.24) is 15.1 Å². The summed E-state index contributed by atoms with van der Waals surface area (Å²) in [5.74, 6) is 0.890. The van der Waals surface area contributed by atoms with E-state index in [9.17, 15) is 4.79 Å². The number of carbonyl (C=O) groups excluding carboxylic acids is 1. The van der Waals surface area contributed by atoms with Crippen LogP contribution in [0.2, 0.25) is 0 Å². The second-order valence-electron chi connectivity index (χ2n) is 5.81. The summed E-state index contributed by atoms with van der Waals surface area (Å²) in [6.45, 7) is 2.82. The average molecular weight is 283 g/mol. The van der Waals surface area contributed by atoms with E-state index < -0.39 is 0 Å².